The van der Waals surface area contributed by atoms with E-state index < -0.39 is 0 Å². The third kappa shape index (κ3) is 4.42. The van der Waals surface area contributed by atoms with Crippen LogP contribution in [0.4, 0.5) is 0 Å². The highest BCUT2D eigenvalue weighted by molar-refractivity contribution is 5.88. The fraction of sp³-hybridized carbons (Fsp3) is 0.200. The van der Waals surface area contributed by atoms with Gasteiger partial charge in [0.2, 0.25) is 5.91 Å². The molecule has 0 bridgehead atoms. The van der Waals surface area contributed by atoms with Crippen molar-refractivity contribution in [1.29, 1.82) is 0 Å². The monoisotopic (exact) mass is 398 g/mol. The predicted octanol–water partition coefficient (Wildman–Crippen LogP) is 4.43. The number of carbonyl (C=O) groups is 1. The number of aromatic amines is 1. The van der Waals surface area contributed by atoms with Gasteiger partial charge < -0.3 is 15.6 Å². The molecule has 5 nitrogen and oxygen atoms in total. The van der Waals surface area contributed by atoms with Crippen molar-refractivity contribution in [2.45, 2.75) is 20.4 Å². The van der Waals surface area contributed by atoms with Crippen molar-refractivity contribution in [3.05, 3.63) is 77.9 Å². The van der Waals surface area contributed by atoms with Crippen LogP contribution < -0.4 is 10.6 Å². The van der Waals surface area contributed by atoms with Crippen LogP contribution in [0.25, 0.3) is 33.5 Å². The van der Waals surface area contributed by atoms with Crippen molar-refractivity contribution in [1.82, 2.24) is 20.6 Å². The van der Waals surface area contributed by atoms with E-state index in [1.807, 2.05) is 6.07 Å². The van der Waals surface area contributed by atoms with Gasteiger partial charge in [-0.15, -0.1) is 0 Å². The Hall–Kier alpha value is -3.44. The summed E-state index contributed by atoms with van der Waals surface area (Å²) in [4.78, 5) is 19.3. The van der Waals surface area contributed by atoms with Gasteiger partial charge in [0.1, 0.15) is 5.82 Å². The summed E-state index contributed by atoms with van der Waals surface area (Å²) in [5.74, 6) is 0.868. The molecule has 4 rings (SSSR count). The standard InChI is InChI=1S/C25H26N4O/c1-17-22(20-8-4-3-5-9-20)11-12-23-24(17)29-25(28-23)21-10-6-7-19(15-21)16-26-13-14-27-18(2)30/h3-12,15,26H,13-14,16H2,1-2H3,(H,27,30)(H,28,29). The molecule has 1 aromatic heterocycles. The molecule has 0 aliphatic heterocycles. The third-order valence-corrected chi connectivity index (χ3v) is 5.20. The summed E-state index contributed by atoms with van der Waals surface area (Å²) in [6, 6.07) is 23.0. The molecule has 0 unspecified atom stereocenters. The zero-order valence-electron chi connectivity index (χ0n) is 17.3. The van der Waals surface area contributed by atoms with Gasteiger partial charge in [-0.3, -0.25) is 4.79 Å². The molecule has 0 atom stereocenters. The smallest absolute Gasteiger partial charge is 0.216 e. The van der Waals surface area contributed by atoms with E-state index in [4.69, 9.17) is 4.98 Å². The number of rotatable bonds is 7. The van der Waals surface area contributed by atoms with Crippen LogP contribution in [0.5, 0.6) is 0 Å². The van der Waals surface area contributed by atoms with E-state index >= 15 is 0 Å². The number of fused-ring (bicyclic) bond motifs is 1. The average molecular weight is 399 g/mol. The molecule has 3 aromatic carbocycles. The number of aromatic nitrogens is 2. The Morgan fingerprint density at radius 2 is 1.77 bits per heavy atom. The van der Waals surface area contributed by atoms with Crippen LogP contribution in [-0.4, -0.2) is 29.0 Å². The van der Waals surface area contributed by atoms with Gasteiger partial charge in [-0.25, -0.2) is 4.98 Å². The molecule has 152 valence electrons. The molecule has 3 N–H and O–H groups in total. The van der Waals surface area contributed by atoms with Gasteiger partial charge in [-0.1, -0.05) is 54.6 Å². The SMILES string of the molecule is CC(=O)NCCNCc1cccc(-c2nc3c(C)c(-c4ccccc4)ccc3[nH]2)c1. The fourth-order valence-corrected chi connectivity index (χ4v) is 3.67. The van der Waals surface area contributed by atoms with E-state index in [2.05, 4.69) is 83.2 Å². The molecule has 5 heteroatoms. The van der Waals surface area contributed by atoms with E-state index in [1.54, 1.807) is 0 Å². The maximum atomic E-state index is 10.9. The minimum absolute atomic E-state index is 0.00519. The molecule has 0 spiro atoms. The largest absolute Gasteiger partial charge is 0.355 e. The average Bonchev–Trinajstić information content (AvgIpc) is 3.20. The van der Waals surface area contributed by atoms with Crippen LogP contribution >= 0.6 is 0 Å². The van der Waals surface area contributed by atoms with E-state index in [9.17, 15) is 4.79 Å². The van der Waals surface area contributed by atoms with E-state index in [1.165, 1.54) is 29.2 Å². The summed E-state index contributed by atoms with van der Waals surface area (Å²) < 4.78 is 0. The molecule has 0 aliphatic carbocycles. The molecule has 1 amide bonds. The number of hydrogen-bond acceptors (Lipinski definition) is 3. The number of carbonyl (C=O) groups excluding carboxylic acids is 1. The lowest BCUT2D eigenvalue weighted by molar-refractivity contribution is -0.118. The molecular weight excluding hydrogens is 372 g/mol. The van der Waals surface area contributed by atoms with Gasteiger partial charge in [-0.05, 0) is 41.3 Å². The van der Waals surface area contributed by atoms with Gasteiger partial charge in [0.05, 0.1) is 11.0 Å². The first-order valence-corrected chi connectivity index (χ1v) is 10.2. The van der Waals surface area contributed by atoms with Crippen molar-refractivity contribution in [3.63, 3.8) is 0 Å². The minimum Gasteiger partial charge on any atom is -0.355 e. The first-order chi connectivity index (χ1) is 14.6. The summed E-state index contributed by atoms with van der Waals surface area (Å²) in [5, 5.41) is 6.14. The van der Waals surface area contributed by atoms with Gasteiger partial charge in [-0.2, -0.15) is 0 Å². The summed E-state index contributed by atoms with van der Waals surface area (Å²) in [6.45, 7) is 5.76. The fourth-order valence-electron chi connectivity index (χ4n) is 3.67. The molecule has 4 aromatic rings. The second-order valence-electron chi connectivity index (χ2n) is 7.45. The lowest BCUT2D eigenvalue weighted by Crippen LogP contribution is -2.29. The molecule has 0 aliphatic rings. The topological polar surface area (TPSA) is 69.8 Å². The minimum atomic E-state index is -0.00519. The number of aryl methyl sites for hydroxylation is 1. The number of benzene rings is 3. The van der Waals surface area contributed by atoms with Crippen LogP contribution in [-0.2, 0) is 11.3 Å². The number of amides is 1. The Morgan fingerprint density at radius 1 is 0.967 bits per heavy atom. The van der Waals surface area contributed by atoms with Crippen molar-refractivity contribution in [2.24, 2.45) is 0 Å². The molecule has 30 heavy (non-hydrogen) atoms. The zero-order valence-corrected chi connectivity index (χ0v) is 17.3. The normalized spacial score (nSPS) is 11.0. The van der Waals surface area contributed by atoms with Gasteiger partial charge in [0.25, 0.3) is 0 Å². The number of nitrogens with one attached hydrogen (secondary N) is 3. The number of hydrogen-bond donors (Lipinski definition) is 3. The maximum absolute atomic E-state index is 10.9. The number of H-pyrrole nitrogens is 1. The van der Waals surface area contributed by atoms with Crippen molar-refractivity contribution >= 4 is 16.9 Å². The van der Waals surface area contributed by atoms with Crippen LogP contribution in [0.2, 0.25) is 0 Å². The second-order valence-corrected chi connectivity index (χ2v) is 7.45. The van der Waals surface area contributed by atoms with Gasteiger partial charge in [0, 0.05) is 32.1 Å². The Bertz CT molecular complexity index is 1160. The molecular formula is C25H26N4O. The lowest BCUT2D eigenvalue weighted by Gasteiger charge is -2.06. The molecule has 0 fully saturated rings. The highest BCUT2D eigenvalue weighted by Crippen LogP contribution is 2.30. The number of nitrogens with zero attached hydrogens (tertiary/aromatic N) is 1. The van der Waals surface area contributed by atoms with E-state index in [0.29, 0.717) is 6.54 Å². The Balaban J connectivity index is 1.55. The quantitative estimate of drug-likeness (QED) is 0.403. The summed E-state index contributed by atoms with van der Waals surface area (Å²) in [6.07, 6.45) is 0. The van der Waals surface area contributed by atoms with Crippen molar-refractivity contribution < 1.29 is 4.79 Å². The third-order valence-electron chi connectivity index (χ3n) is 5.20. The van der Waals surface area contributed by atoms with Crippen molar-refractivity contribution in [3.8, 4) is 22.5 Å². The Labute approximate surface area is 176 Å². The Kier molecular flexibility index (Phi) is 5.91. The highest BCUT2D eigenvalue weighted by Gasteiger charge is 2.11. The lowest BCUT2D eigenvalue weighted by atomic mass is 9.99. The Morgan fingerprint density at radius 3 is 2.57 bits per heavy atom. The van der Waals surface area contributed by atoms with Crippen LogP contribution in [0, 0.1) is 6.92 Å². The molecule has 0 radical (unpaired) electrons. The summed E-state index contributed by atoms with van der Waals surface area (Å²) in [5.41, 5.74) is 7.88. The molecule has 1 heterocycles. The second kappa shape index (κ2) is 8.93. The van der Waals surface area contributed by atoms with Gasteiger partial charge in [0.15, 0.2) is 0 Å². The van der Waals surface area contributed by atoms with E-state index in [-0.39, 0.29) is 5.91 Å². The van der Waals surface area contributed by atoms with E-state index in [0.717, 1.165) is 35.5 Å². The first kappa shape index (κ1) is 19.9. The van der Waals surface area contributed by atoms with Crippen LogP contribution in [0.15, 0.2) is 66.7 Å². The number of imidazole rings is 1. The summed E-state index contributed by atoms with van der Waals surface area (Å²) >= 11 is 0. The van der Waals surface area contributed by atoms with Crippen molar-refractivity contribution in [2.75, 3.05) is 13.1 Å². The predicted molar refractivity (Wildman–Crippen MR) is 122 cm³/mol. The van der Waals surface area contributed by atoms with Crippen LogP contribution in [0.3, 0.4) is 0 Å². The zero-order chi connectivity index (χ0) is 20.9. The molecule has 0 saturated carbocycles. The van der Waals surface area contributed by atoms with Crippen LogP contribution in [0.1, 0.15) is 18.1 Å². The highest BCUT2D eigenvalue weighted by atomic mass is 16.1. The maximum Gasteiger partial charge on any atom is 0.216 e. The first-order valence-electron chi connectivity index (χ1n) is 10.2. The summed E-state index contributed by atoms with van der Waals surface area (Å²) in [7, 11) is 0. The molecule has 0 saturated heterocycles. The van der Waals surface area contributed by atoms with Gasteiger partial charge >= 0.3 is 0 Å².